The molecule has 1 aliphatic carbocycles. The number of esters is 1. The molecule has 10 nitrogen and oxygen atoms in total. The molecular formula is C31H33N5O5. The fourth-order valence-corrected chi connectivity index (χ4v) is 6.30. The number of nitrogens with two attached hydrogens (primary N) is 1. The van der Waals surface area contributed by atoms with Crippen LogP contribution < -0.4 is 10.9 Å². The molecule has 2 N–H and O–H groups in total. The second-order valence-electron chi connectivity index (χ2n) is 10.9. The maximum atomic E-state index is 14.4. The zero-order valence-corrected chi connectivity index (χ0v) is 22.8. The highest BCUT2D eigenvalue weighted by Crippen LogP contribution is 2.31. The summed E-state index contributed by atoms with van der Waals surface area (Å²) >= 11 is 0. The fraction of sp³-hybridized carbons (Fsp3) is 0.387. The van der Waals surface area contributed by atoms with E-state index in [9.17, 15) is 19.2 Å². The second-order valence-corrected chi connectivity index (χ2v) is 10.9. The van der Waals surface area contributed by atoms with E-state index in [0.29, 0.717) is 29.6 Å². The van der Waals surface area contributed by atoms with Crippen molar-refractivity contribution < 1.29 is 23.9 Å². The molecule has 212 valence electrons. The molecule has 2 fully saturated rings. The zero-order chi connectivity index (χ0) is 28.5. The van der Waals surface area contributed by atoms with Crippen LogP contribution in [-0.2, 0) is 25.5 Å². The molecule has 0 bridgehead atoms. The van der Waals surface area contributed by atoms with Crippen molar-refractivity contribution in [2.24, 2.45) is 5.84 Å². The lowest BCUT2D eigenvalue weighted by molar-refractivity contribution is -0.168. The summed E-state index contributed by atoms with van der Waals surface area (Å²) in [6.07, 6.45) is 4.58. The maximum Gasteiger partial charge on any atom is 0.331 e. The standard InChI is InChI=1S/C31H33N5O5/c32-36-25-14-7-5-10-21(25)19-26(31(40)41-27-15-8-18-34(27)29(38)30(36)39)35(22-11-2-1-3-12-22)28(37)24-17-16-20-9-4-6-13-23(20)33-24/h4-7,9-10,13-14,16-17,22,26-27H,1-3,8,11-12,15,18-19,32H2. The van der Waals surface area contributed by atoms with Gasteiger partial charge in [-0.15, -0.1) is 0 Å². The van der Waals surface area contributed by atoms with Gasteiger partial charge in [0.05, 0.1) is 11.2 Å². The zero-order valence-electron chi connectivity index (χ0n) is 22.8. The molecule has 2 aliphatic heterocycles. The lowest BCUT2D eigenvalue weighted by atomic mass is 9.91. The SMILES string of the molecule is NN1C(=O)C(=O)N2CCCC2OC(=O)C(N(C(=O)c2ccc3ccccc3n2)C2CCCCC2)Cc2ccccc21. The number of hydrogen-bond acceptors (Lipinski definition) is 7. The highest BCUT2D eigenvalue weighted by atomic mass is 16.6. The van der Waals surface area contributed by atoms with Crippen LogP contribution in [0, 0.1) is 0 Å². The van der Waals surface area contributed by atoms with Crippen molar-refractivity contribution in [2.45, 2.75) is 69.7 Å². The lowest BCUT2D eigenvalue weighted by Gasteiger charge is -2.39. The van der Waals surface area contributed by atoms with E-state index in [1.54, 1.807) is 35.2 Å². The van der Waals surface area contributed by atoms with Gasteiger partial charge in [0.25, 0.3) is 5.91 Å². The first-order chi connectivity index (χ1) is 19.9. The van der Waals surface area contributed by atoms with Gasteiger partial charge in [-0.05, 0) is 43.0 Å². The van der Waals surface area contributed by atoms with Gasteiger partial charge < -0.3 is 9.64 Å². The van der Waals surface area contributed by atoms with Crippen molar-refractivity contribution in [2.75, 3.05) is 11.6 Å². The van der Waals surface area contributed by atoms with Gasteiger partial charge in [0, 0.05) is 30.8 Å². The number of hydrazine groups is 1. The third-order valence-electron chi connectivity index (χ3n) is 8.40. The highest BCUT2D eigenvalue weighted by Gasteiger charge is 2.43. The molecule has 41 heavy (non-hydrogen) atoms. The smallest absolute Gasteiger partial charge is 0.331 e. The van der Waals surface area contributed by atoms with Gasteiger partial charge in [0.15, 0.2) is 6.23 Å². The number of hydrogen-bond donors (Lipinski definition) is 1. The van der Waals surface area contributed by atoms with Crippen LogP contribution in [0.15, 0.2) is 60.7 Å². The van der Waals surface area contributed by atoms with Crippen LogP contribution in [0.2, 0.25) is 0 Å². The van der Waals surface area contributed by atoms with Crippen molar-refractivity contribution in [1.29, 1.82) is 0 Å². The third-order valence-corrected chi connectivity index (χ3v) is 8.40. The molecule has 1 saturated carbocycles. The summed E-state index contributed by atoms with van der Waals surface area (Å²) in [6, 6.07) is 16.8. The number of para-hydroxylation sites is 2. The molecule has 2 aromatic carbocycles. The summed E-state index contributed by atoms with van der Waals surface area (Å²) in [6.45, 7) is 0.273. The van der Waals surface area contributed by atoms with Gasteiger partial charge in [0.2, 0.25) is 0 Å². The molecule has 2 unspecified atom stereocenters. The molecule has 0 spiro atoms. The van der Waals surface area contributed by atoms with E-state index in [-0.39, 0.29) is 30.6 Å². The number of aromatic nitrogens is 1. The number of anilines is 1. The van der Waals surface area contributed by atoms with E-state index in [0.717, 1.165) is 42.5 Å². The Bertz CT molecular complexity index is 1500. The molecule has 2 atom stereocenters. The quantitative estimate of drug-likeness (QED) is 0.227. The number of rotatable bonds is 3. The molecule has 0 radical (unpaired) electrons. The van der Waals surface area contributed by atoms with Crippen LogP contribution in [0.25, 0.3) is 10.9 Å². The lowest BCUT2D eigenvalue weighted by Crippen LogP contribution is -2.54. The van der Waals surface area contributed by atoms with E-state index in [4.69, 9.17) is 10.6 Å². The van der Waals surface area contributed by atoms with Crippen molar-refractivity contribution in [3.8, 4) is 0 Å². The molecule has 6 rings (SSSR count). The average Bonchev–Trinajstić information content (AvgIpc) is 3.47. The Labute approximate surface area is 238 Å². The number of ether oxygens (including phenoxy) is 1. The monoisotopic (exact) mass is 555 g/mol. The summed E-state index contributed by atoms with van der Waals surface area (Å²) in [4.78, 5) is 62.3. The van der Waals surface area contributed by atoms with Gasteiger partial charge >= 0.3 is 17.8 Å². The second kappa shape index (κ2) is 11.3. The minimum Gasteiger partial charge on any atom is -0.440 e. The van der Waals surface area contributed by atoms with E-state index in [1.165, 1.54) is 4.90 Å². The Morgan fingerprint density at radius 3 is 2.46 bits per heavy atom. The first kappa shape index (κ1) is 26.9. The van der Waals surface area contributed by atoms with Crippen molar-refractivity contribution >= 4 is 40.3 Å². The first-order valence-corrected chi connectivity index (χ1v) is 14.3. The molecule has 3 amide bonds. The first-order valence-electron chi connectivity index (χ1n) is 14.3. The number of pyridine rings is 1. The normalized spacial score (nSPS) is 22.1. The summed E-state index contributed by atoms with van der Waals surface area (Å²) < 4.78 is 5.96. The maximum absolute atomic E-state index is 14.4. The molecular weight excluding hydrogens is 522 g/mol. The molecule has 10 heteroatoms. The Morgan fingerprint density at radius 1 is 0.878 bits per heavy atom. The molecule has 3 aromatic rings. The van der Waals surface area contributed by atoms with E-state index in [2.05, 4.69) is 4.98 Å². The van der Waals surface area contributed by atoms with Gasteiger partial charge in [-0.1, -0.05) is 61.7 Å². The van der Waals surface area contributed by atoms with Gasteiger partial charge in [0.1, 0.15) is 11.7 Å². The molecule has 3 aliphatic rings. The number of amides is 3. The fourth-order valence-electron chi connectivity index (χ4n) is 6.30. The summed E-state index contributed by atoms with van der Waals surface area (Å²) in [5.41, 5.74) is 1.80. The number of carbonyl (C=O) groups excluding carboxylic acids is 4. The van der Waals surface area contributed by atoms with Crippen LogP contribution in [0.3, 0.4) is 0 Å². The topological polar surface area (TPSA) is 126 Å². The third kappa shape index (κ3) is 5.15. The van der Waals surface area contributed by atoms with Gasteiger partial charge in [-0.2, -0.15) is 0 Å². The Kier molecular flexibility index (Phi) is 7.40. The van der Waals surface area contributed by atoms with E-state index >= 15 is 0 Å². The van der Waals surface area contributed by atoms with E-state index < -0.39 is 30.1 Å². The predicted molar refractivity (Wildman–Crippen MR) is 151 cm³/mol. The van der Waals surface area contributed by atoms with E-state index in [1.807, 2.05) is 30.3 Å². The Balaban J connectivity index is 1.46. The minimum absolute atomic E-state index is 0.0622. The van der Waals surface area contributed by atoms with Crippen LogP contribution in [0.5, 0.6) is 0 Å². The highest BCUT2D eigenvalue weighted by molar-refractivity contribution is 6.40. The predicted octanol–water partition coefficient (Wildman–Crippen LogP) is 3.33. The molecule has 1 aromatic heterocycles. The van der Waals surface area contributed by atoms with Crippen LogP contribution in [0.4, 0.5) is 5.69 Å². The largest absolute Gasteiger partial charge is 0.440 e. The number of nitrogens with zero attached hydrogens (tertiary/aromatic N) is 4. The number of benzene rings is 2. The van der Waals surface area contributed by atoms with Crippen molar-refractivity contribution in [3.63, 3.8) is 0 Å². The van der Waals surface area contributed by atoms with Crippen LogP contribution >= 0.6 is 0 Å². The molecule has 1 saturated heterocycles. The van der Waals surface area contributed by atoms with Crippen molar-refractivity contribution in [1.82, 2.24) is 14.8 Å². The summed E-state index contributed by atoms with van der Waals surface area (Å²) in [5.74, 6) is 3.54. The summed E-state index contributed by atoms with van der Waals surface area (Å²) in [5, 5.41) is 1.76. The van der Waals surface area contributed by atoms with Crippen LogP contribution in [0.1, 0.15) is 61.0 Å². The number of carbonyl (C=O) groups is 4. The van der Waals surface area contributed by atoms with Crippen LogP contribution in [-0.4, -0.2) is 63.3 Å². The van der Waals surface area contributed by atoms with Gasteiger partial charge in [-0.3, -0.25) is 19.3 Å². The average molecular weight is 556 g/mol. The molecule has 3 heterocycles. The minimum atomic E-state index is -1.01. The van der Waals surface area contributed by atoms with Crippen molar-refractivity contribution in [3.05, 3.63) is 71.9 Å². The Hall–Kier alpha value is -4.31. The Morgan fingerprint density at radius 2 is 1.63 bits per heavy atom. The van der Waals surface area contributed by atoms with Gasteiger partial charge in [-0.25, -0.2) is 20.6 Å². The number of fused-ring (bicyclic) bond motifs is 3. The summed E-state index contributed by atoms with van der Waals surface area (Å²) in [7, 11) is 0.